The number of nitrogens with zero attached hydrogens (tertiary/aromatic N) is 1. The number of hydrogen-bond acceptors (Lipinski definition) is 3. The van der Waals surface area contributed by atoms with E-state index in [2.05, 4.69) is 4.74 Å². The summed E-state index contributed by atoms with van der Waals surface area (Å²) in [5, 5.41) is 0. The van der Waals surface area contributed by atoms with Gasteiger partial charge in [-0.15, -0.1) is 13.2 Å². The summed E-state index contributed by atoms with van der Waals surface area (Å²) in [6.07, 6.45) is -4.72. The minimum absolute atomic E-state index is 0.187. The molecule has 0 spiro atoms. The van der Waals surface area contributed by atoms with Gasteiger partial charge in [-0.05, 0) is 35.4 Å². The van der Waals surface area contributed by atoms with Crippen molar-refractivity contribution in [3.8, 4) is 5.75 Å². The Bertz CT molecular complexity index is 714. The van der Waals surface area contributed by atoms with Crippen LogP contribution in [0.25, 0.3) is 0 Å². The van der Waals surface area contributed by atoms with E-state index in [1.165, 1.54) is 29.2 Å². The second-order valence-electron chi connectivity index (χ2n) is 5.49. The van der Waals surface area contributed by atoms with E-state index in [0.29, 0.717) is 17.7 Å². The number of benzene rings is 2. The topological polar surface area (TPSA) is 38.8 Å². The van der Waals surface area contributed by atoms with Crippen molar-refractivity contribution in [3.05, 3.63) is 65.2 Å². The average molecular weight is 353 g/mol. The molecule has 0 saturated heterocycles. The maximum Gasteiger partial charge on any atom is 0.573 e. The van der Waals surface area contributed by atoms with Gasteiger partial charge in [-0.2, -0.15) is 0 Å². The molecule has 0 aliphatic heterocycles. The molecule has 0 fully saturated rings. The molecule has 1 amide bonds. The first kappa shape index (κ1) is 18.8. The zero-order valence-corrected chi connectivity index (χ0v) is 13.8. The predicted molar refractivity (Wildman–Crippen MR) is 86.1 cm³/mol. The van der Waals surface area contributed by atoms with Crippen LogP contribution in [-0.4, -0.2) is 31.3 Å². The van der Waals surface area contributed by atoms with Crippen LogP contribution in [0.5, 0.6) is 5.75 Å². The van der Waals surface area contributed by atoms with Crippen molar-refractivity contribution in [3.63, 3.8) is 0 Å². The van der Waals surface area contributed by atoms with Crippen molar-refractivity contribution >= 4 is 5.91 Å². The average Bonchev–Trinajstić information content (AvgIpc) is 2.55. The molecule has 2 aromatic carbocycles. The van der Waals surface area contributed by atoms with Crippen LogP contribution >= 0.6 is 0 Å². The fourth-order valence-electron chi connectivity index (χ4n) is 2.32. The first-order valence-electron chi connectivity index (χ1n) is 7.46. The molecule has 0 bridgehead atoms. The summed E-state index contributed by atoms with van der Waals surface area (Å²) in [5.74, 6) is -0.480. The number of carbonyl (C=O) groups is 1. The molecule has 0 aliphatic carbocycles. The normalized spacial score (nSPS) is 11.2. The third-order valence-corrected chi connectivity index (χ3v) is 3.41. The van der Waals surface area contributed by atoms with Crippen LogP contribution in [0.4, 0.5) is 13.2 Å². The van der Waals surface area contributed by atoms with E-state index in [1.807, 2.05) is 6.07 Å². The molecule has 0 heterocycles. The molecule has 0 aromatic heterocycles. The molecule has 0 aliphatic rings. The Morgan fingerprint density at radius 3 is 2.36 bits per heavy atom. The highest BCUT2D eigenvalue weighted by molar-refractivity contribution is 5.94. The summed E-state index contributed by atoms with van der Waals surface area (Å²) in [7, 11) is 3.21. The summed E-state index contributed by atoms with van der Waals surface area (Å²) >= 11 is 0. The van der Waals surface area contributed by atoms with Crippen molar-refractivity contribution in [2.75, 3.05) is 14.2 Å². The lowest BCUT2D eigenvalue weighted by Crippen LogP contribution is -2.26. The highest BCUT2D eigenvalue weighted by atomic mass is 19.4. The van der Waals surface area contributed by atoms with Crippen molar-refractivity contribution in [1.29, 1.82) is 0 Å². The zero-order valence-electron chi connectivity index (χ0n) is 13.8. The fourth-order valence-corrected chi connectivity index (χ4v) is 2.32. The number of carbonyl (C=O) groups excluding carboxylic acids is 1. The lowest BCUT2D eigenvalue weighted by Gasteiger charge is -2.18. The molecule has 0 N–H and O–H groups in total. The van der Waals surface area contributed by atoms with Gasteiger partial charge in [-0.25, -0.2) is 0 Å². The van der Waals surface area contributed by atoms with E-state index >= 15 is 0 Å². The smallest absolute Gasteiger partial charge is 0.406 e. The third-order valence-electron chi connectivity index (χ3n) is 3.41. The van der Waals surface area contributed by atoms with Gasteiger partial charge < -0.3 is 14.4 Å². The third kappa shape index (κ3) is 5.79. The second kappa shape index (κ2) is 8.02. The van der Waals surface area contributed by atoms with Crippen molar-refractivity contribution < 1.29 is 27.4 Å². The van der Waals surface area contributed by atoms with Gasteiger partial charge in [0, 0.05) is 26.3 Å². The molecule has 25 heavy (non-hydrogen) atoms. The summed E-state index contributed by atoms with van der Waals surface area (Å²) in [6.45, 7) is 0.672. The molecule has 0 saturated carbocycles. The van der Waals surface area contributed by atoms with Gasteiger partial charge in [-0.3, -0.25) is 4.79 Å². The van der Waals surface area contributed by atoms with Crippen LogP contribution in [0.1, 0.15) is 21.5 Å². The highest BCUT2D eigenvalue weighted by Gasteiger charge is 2.30. The quantitative estimate of drug-likeness (QED) is 0.788. The summed E-state index contributed by atoms with van der Waals surface area (Å²) in [4.78, 5) is 14.0. The Morgan fingerprint density at radius 2 is 1.76 bits per heavy atom. The minimum Gasteiger partial charge on any atom is -0.406 e. The second-order valence-corrected chi connectivity index (χ2v) is 5.49. The van der Waals surface area contributed by atoms with Crippen LogP contribution in [0.15, 0.2) is 48.5 Å². The van der Waals surface area contributed by atoms with E-state index in [9.17, 15) is 18.0 Å². The van der Waals surface area contributed by atoms with Crippen LogP contribution in [0.2, 0.25) is 0 Å². The Balaban J connectivity index is 2.02. The molecule has 134 valence electrons. The Labute approximate surface area is 143 Å². The minimum atomic E-state index is -4.72. The maximum atomic E-state index is 12.5. The van der Waals surface area contributed by atoms with Gasteiger partial charge in [-0.1, -0.05) is 24.3 Å². The van der Waals surface area contributed by atoms with Crippen molar-refractivity contribution in [1.82, 2.24) is 4.90 Å². The van der Waals surface area contributed by atoms with Gasteiger partial charge in [0.25, 0.3) is 5.91 Å². The fraction of sp³-hybridized carbons (Fsp3) is 0.278. The van der Waals surface area contributed by atoms with Crippen molar-refractivity contribution in [2.24, 2.45) is 0 Å². The molecule has 7 heteroatoms. The van der Waals surface area contributed by atoms with E-state index < -0.39 is 6.36 Å². The lowest BCUT2D eigenvalue weighted by molar-refractivity contribution is -0.274. The SMILES string of the molecule is COCc1cccc(C(=O)N(C)Cc2ccc(OC(F)(F)F)cc2)c1. The predicted octanol–water partition coefficient (Wildman–Crippen LogP) is 4.00. The summed E-state index contributed by atoms with van der Waals surface area (Å²) < 4.78 is 45.3. The van der Waals surface area contributed by atoms with Crippen LogP contribution in [0, 0.1) is 0 Å². The van der Waals surface area contributed by atoms with Gasteiger partial charge in [0.05, 0.1) is 6.61 Å². The van der Waals surface area contributed by atoms with E-state index in [4.69, 9.17) is 4.74 Å². The van der Waals surface area contributed by atoms with E-state index in [0.717, 1.165) is 5.56 Å². The molecule has 0 unspecified atom stereocenters. The number of amides is 1. The van der Waals surface area contributed by atoms with Gasteiger partial charge in [0.15, 0.2) is 0 Å². The summed E-state index contributed by atoms with van der Waals surface area (Å²) in [5.41, 5.74) is 2.10. The Morgan fingerprint density at radius 1 is 1.08 bits per heavy atom. The van der Waals surface area contributed by atoms with E-state index in [-0.39, 0.29) is 18.2 Å². The van der Waals surface area contributed by atoms with Gasteiger partial charge >= 0.3 is 6.36 Å². The van der Waals surface area contributed by atoms with Gasteiger partial charge in [0.2, 0.25) is 0 Å². The molecule has 4 nitrogen and oxygen atoms in total. The number of rotatable bonds is 6. The van der Waals surface area contributed by atoms with Crippen LogP contribution < -0.4 is 4.74 Å². The monoisotopic (exact) mass is 353 g/mol. The Hall–Kier alpha value is -2.54. The first-order valence-corrected chi connectivity index (χ1v) is 7.46. The number of alkyl halides is 3. The largest absolute Gasteiger partial charge is 0.573 e. The molecule has 2 rings (SSSR count). The first-order chi connectivity index (χ1) is 11.8. The molecule has 0 radical (unpaired) electrons. The van der Waals surface area contributed by atoms with Crippen molar-refractivity contribution in [2.45, 2.75) is 19.5 Å². The molecular weight excluding hydrogens is 335 g/mol. The standard InChI is InChI=1S/C18H18F3NO3/c1-22(17(23)15-5-3-4-14(10-15)12-24-2)11-13-6-8-16(9-7-13)25-18(19,20)21/h3-10H,11-12H2,1-2H3. The Kier molecular flexibility index (Phi) is 6.03. The molecule has 2 aromatic rings. The highest BCUT2D eigenvalue weighted by Crippen LogP contribution is 2.23. The zero-order chi connectivity index (χ0) is 18.4. The number of ether oxygens (including phenoxy) is 2. The number of methoxy groups -OCH3 is 1. The van der Waals surface area contributed by atoms with Gasteiger partial charge in [0.1, 0.15) is 5.75 Å². The van der Waals surface area contributed by atoms with Crippen LogP contribution in [-0.2, 0) is 17.9 Å². The lowest BCUT2D eigenvalue weighted by atomic mass is 10.1. The number of hydrogen-bond donors (Lipinski definition) is 0. The molecular formula is C18H18F3NO3. The van der Waals surface area contributed by atoms with Crippen LogP contribution in [0.3, 0.4) is 0 Å². The summed E-state index contributed by atoms with van der Waals surface area (Å²) in [6, 6.07) is 12.5. The number of halogens is 3. The van der Waals surface area contributed by atoms with E-state index in [1.54, 1.807) is 32.4 Å². The maximum absolute atomic E-state index is 12.5. The molecule has 0 atom stereocenters.